The topological polar surface area (TPSA) is 71.1 Å². The molecule has 1 N–H and O–H groups in total. The summed E-state index contributed by atoms with van der Waals surface area (Å²) in [6, 6.07) is 0. The maximum atomic E-state index is 14.1. The molecule has 2 atom stereocenters. The number of carbonyl (C=O) groups is 1. The SMILES string of the molecule is Cc1n[nH]c(C(=O)N2CC[C@H](OC(C)(C)C)[C@H](F)C2)n1. The minimum Gasteiger partial charge on any atom is -0.369 e. The summed E-state index contributed by atoms with van der Waals surface area (Å²) in [4.78, 5) is 17.6. The van der Waals surface area contributed by atoms with Gasteiger partial charge in [-0.25, -0.2) is 9.37 Å². The van der Waals surface area contributed by atoms with Crippen molar-refractivity contribution in [3.05, 3.63) is 11.6 Å². The van der Waals surface area contributed by atoms with E-state index >= 15 is 0 Å². The highest BCUT2D eigenvalue weighted by Gasteiger charge is 2.35. The summed E-state index contributed by atoms with van der Waals surface area (Å²) in [5, 5.41) is 6.37. The summed E-state index contributed by atoms with van der Waals surface area (Å²) >= 11 is 0. The van der Waals surface area contributed by atoms with Crippen LogP contribution >= 0.6 is 0 Å². The van der Waals surface area contributed by atoms with Crippen molar-refractivity contribution in [2.24, 2.45) is 0 Å². The van der Waals surface area contributed by atoms with Gasteiger partial charge in [0.15, 0.2) is 0 Å². The molecule has 0 unspecified atom stereocenters. The van der Waals surface area contributed by atoms with Crippen LogP contribution in [0.15, 0.2) is 0 Å². The van der Waals surface area contributed by atoms with Gasteiger partial charge in [-0.2, -0.15) is 5.10 Å². The first kappa shape index (κ1) is 14.9. The highest BCUT2D eigenvalue weighted by atomic mass is 19.1. The Morgan fingerprint density at radius 1 is 1.50 bits per heavy atom. The molecule has 0 aliphatic carbocycles. The van der Waals surface area contributed by atoms with Gasteiger partial charge in [0.2, 0.25) is 5.82 Å². The number of ether oxygens (including phenoxy) is 1. The van der Waals surface area contributed by atoms with Gasteiger partial charge in [-0.15, -0.1) is 0 Å². The van der Waals surface area contributed by atoms with Gasteiger partial charge >= 0.3 is 0 Å². The minimum absolute atomic E-state index is 0.0271. The van der Waals surface area contributed by atoms with Crippen LogP contribution < -0.4 is 0 Å². The molecule has 1 aromatic rings. The van der Waals surface area contributed by atoms with Crippen LogP contribution in [0.2, 0.25) is 0 Å². The molecule has 0 spiro atoms. The second kappa shape index (κ2) is 5.47. The molecule has 1 fully saturated rings. The second-order valence-corrected chi connectivity index (χ2v) is 6.06. The number of nitrogens with one attached hydrogen (secondary N) is 1. The lowest BCUT2D eigenvalue weighted by atomic mass is 10.0. The molecule has 20 heavy (non-hydrogen) atoms. The van der Waals surface area contributed by atoms with Gasteiger partial charge in [-0.3, -0.25) is 9.89 Å². The fraction of sp³-hybridized carbons (Fsp3) is 0.769. The standard InChI is InChI=1S/C13H21FN4O2/c1-8-15-11(17-16-8)12(19)18-6-5-10(9(14)7-18)20-13(2,3)4/h9-10H,5-7H2,1-4H3,(H,15,16,17)/t9-,10+/m1/s1. The number of aryl methyl sites for hydroxylation is 1. The van der Waals surface area contributed by atoms with Crippen molar-refractivity contribution >= 4 is 5.91 Å². The molecule has 6 nitrogen and oxygen atoms in total. The normalized spacial score (nSPS) is 23.9. The quantitative estimate of drug-likeness (QED) is 0.893. The zero-order valence-corrected chi connectivity index (χ0v) is 12.3. The van der Waals surface area contributed by atoms with E-state index in [9.17, 15) is 9.18 Å². The van der Waals surface area contributed by atoms with Crippen molar-refractivity contribution < 1.29 is 13.9 Å². The van der Waals surface area contributed by atoms with Crippen molar-refractivity contribution in [1.29, 1.82) is 0 Å². The molecular weight excluding hydrogens is 263 g/mol. The molecule has 0 radical (unpaired) electrons. The van der Waals surface area contributed by atoms with Gasteiger partial charge in [0.1, 0.15) is 12.0 Å². The number of aromatic amines is 1. The van der Waals surface area contributed by atoms with Crippen molar-refractivity contribution in [3.63, 3.8) is 0 Å². The summed E-state index contributed by atoms with van der Waals surface area (Å²) in [6.45, 7) is 7.87. The van der Waals surface area contributed by atoms with Crippen LogP contribution in [0.3, 0.4) is 0 Å². The lowest BCUT2D eigenvalue weighted by Crippen LogP contribution is -2.50. The zero-order chi connectivity index (χ0) is 14.9. The van der Waals surface area contributed by atoms with Crippen LogP contribution in [0.4, 0.5) is 4.39 Å². The molecule has 0 aromatic carbocycles. The average molecular weight is 284 g/mol. The molecule has 2 heterocycles. The number of halogens is 1. The van der Waals surface area contributed by atoms with E-state index in [1.54, 1.807) is 6.92 Å². The molecule has 1 aromatic heterocycles. The summed E-state index contributed by atoms with van der Waals surface area (Å²) < 4.78 is 19.8. The summed E-state index contributed by atoms with van der Waals surface area (Å²) in [5.41, 5.74) is -0.386. The smallest absolute Gasteiger partial charge is 0.291 e. The Balaban J connectivity index is 1.97. The largest absolute Gasteiger partial charge is 0.369 e. The van der Waals surface area contributed by atoms with E-state index in [1.807, 2.05) is 20.8 Å². The Hall–Kier alpha value is -1.50. The van der Waals surface area contributed by atoms with E-state index in [2.05, 4.69) is 15.2 Å². The van der Waals surface area contributed by atoms with Gasteiger partial charge in [0.25, 0.3) is 5.91 Å². The van der Waals surface area contributed by atoms with E-state index in [4.69, 9.17) is 4.74 Å². The summed E-state index contributed by atoms with van der Waals surface area (Å²) in [5.74, 6) is 0.337. The predicted octanol–water partition coefficient (Wildman–Crippen LogP) is 1.48. The number of aromatic nitrogens is 3. The number of hydrogen-bond donors (Lipinski definition) is 1. The fourth-order valence-corrected chi connectivity index (χ4v) is 2.25. The zero-order valence-electron chi connectivity index (χ0n) is 12.3. The summed E-state index contributed by atoms with van der Waals surface area (Å²) in [6.07, 6.45) is -1.16. The number of likely N-dealkylation sites (tertiary alicyclic amines) is 1. The predicted molar refractivity (Wildman–Crippen MR) is 71.2 cm³/mol. The van der Waals surface area contributed by atoms with E-state index < -0.39 is 12.3 Å². The van der Waals surface area contributed by atoms with Crippen molar-refractivity contribution in [2.75, 3.05) is 13.1 Å². The van der Waals surface area contributed by atoms with Gasteiger partial charge < -0.3 is 9.64 Å². The van der Waals surface area contributed by atoms with Crippen LogP contribution in [0.5, 0.6) is 0 Å². The third-order valence-corrected chi connectivity index (χ3v) is 3.07. The number of nitrogens with zero attached hydrogens (tertiary/aromatic N) is 3. The van der Waals surface area contributed by atoms with Crippen LogP contribution in [0.25, 0.3) is 0 Å². The number of hydrogen-bond acceptors (Lipinski definition) is 4. The molecule has 0 bridgehead atoms. The Morgan fingerprint density at radius 3 is 2.70 bits per heavy atom. The second-order valence-electron chi connectivity index (χ2n) is 6.06. The number of piperidine rings is 1. The highest BCUT2D eigenvalue weighted by Crippen LogP contribution is 2.23. The molecule has 112 valence electrons. The molecule has 1 saturated heterocycles. The molecule has 7 heteroatoms. The van der Waals surface area contributed by atoms with E-state index in [0.717, 1.165) is 0 Å². The van der Waals surface area contributed by atoms with Gasteiger partial charge in [-0.1, -0.05) is 0 Å². The lowest BCUT2D eigenvalue weighted by Gasteiger charge is -2.37. The lowest BCUT2D eigenvalue weighted by molar-refractivity contribution is -0.111. The van der Waals surface area contributed by atoms with Crippen LogP contribution in [0, 0.1) is 6.92 Å². The van der Waals surface area contributed by atoms with Gasteiger partial charge in [0.05, 0.1) is 18.2 Å². The Bertz CT molecular complexity index is 483. The van der Waals surface area contributed by atoms with E-state index in [-0.39, 0.29) is 23.9 Å². The van der Waals surface area contributed by atoms with Gasteiger partial charge in [-0.05, 0) is 34.1 Å². The minimum atomic E-state index is -1.18. The highest BCUT2D eigenvalue weighted by molar-refractivity contribution is 5.90. The molecular formula is C13H21FN4O2. The fourth-order valence-electron chi connectivity index (χ4n) is 2.25. The maximum Gasteiger partial charge on any atom is 0.291 e. The van der Waals surface area contributed by atoms with Crippen LogP contribution in [0.1, 0.15) is 43.6 Å². The number of amides is 1. The van der Waals surface area contributed by atoms with Crippen molar-refractivity contribution in [2.45, 2.75) is 52.0 Å². The Labute approximate surface area is 117 Å². The molecule has 0 saturated carbocycles. The Kier molecular flexibility index (Phi) is 4.08. The number of carbonyl (C=O) groups excluding carboxylic acids is 1. The van der Waals surface area contributed by atoms with E-state index in [1.165, 1.54) is 4.90 Å². The molecule has 1 amide bonds. The maximum absolute atomic E-state index is 14.1. The third-order valence-electron chi connectivity index (χ3n) is 3.07. The van der Waals surface area contributed by atoms with Crippen LogP contribution in [-0.4, -0.2) is 57.0 Å². The first-order valence-corrected chi connectivity index (χ1v) is 6.76. The van der Waals surface area contributed by atoms with Crippen LogP contribution in [-0.2, 0) is 4.74 Å². The Morgan fingerprint density at radius 2 is 2.20 bits per heavy atom. The number of H-pyrrole nitrogens is 1. The van der Waals surface area contributed by atoms with Gasteiger partial charge in [0, 0.05) is 6.54 Å². The average Bonchev–Trinajstić information content (AvgIpc) is 2.76. The van der Waals surface area contributed by atoms with E-state index in [0.29, 0.717) is 18.8 Å². The molecule has 2 rings (SSSR count). The third kappa shape index (κ3) is 3.53. The monoisotopic (exact) mass is 284 g/mol. The first-order chi connectivity index (χ1) is 9.26. The molecule has 1 aliphatic heterocycles. The first-order valence-electron chi connectivity index (χ1n) is 6.76. The van der Waals surface area contributed by atoms with Crippen molar-refractivity contribution in [1.82, 2.24) is 20.1 Å². The number of alkyl halides is 1. The number of rotatable bonds is 2. The van der Waals surface area contributed by atoms with Crippen molar-refractivity contribution in [3.8, 4) is 0 Å². The summed E-state index contributed by atoms with van der Waals surface area (Å²) in [7, 11) is 0. The molecule has 1 aliphatic rings.